The van der Waals surface area contributed by atoms with Crippen molar-refractivity contribution >= 4 is 0 Å². The molecular formula is C14H29N3. The van der Waals surface area contributed by atoms with Crippen LogP contribution in [-0.2, 0) is 0 Å². The Bertz CT molecular complexity index is 224. The number of nitrogens with one attached hydrogen (secondary N) is 1. The number of likely N-dealkylation sites (tertiary alicyclic amines) is 1. The number of nitrogens with zero attached hydrogens (tertiary/aromatic N) is 1. The van der Waals surface area contributed by atoms with E-state index >= 15 is 0 Å². The molecule has 0 aromatic carbocycles. The van der Waals surface area contributed by atoms with Crippen molar-refractivity contribution in [1.82, 2.24) is 10.2 Å². The summed E-state index contributed by atoms with van der Waals surface area (Å²) in [5.41, 5.74) is 5.95. The van der Waals surface area contributed by atoms with Gasteiger partial charge in [-0.15, -0.1) is 0 Å². The zero-order chi connectivity index (χ0) is 12.3. The molecule has 3 heteroatoms. The van der Waals surface area contributed by atoms with Crippen LogP contribution >= 0.6 is 0 Å². The maximum atomic E-state index is 5.95. The Morgan fingerprint density at radius 3 is 2.53 bits per heavy atom. The molecule has 2 rings (SSSR count). The molecule has 3 N–H and O–H groups in total. The summed E-state index contributed by atoms with van der Waals surface area (Å²) in [6.07, 6.45) is 7.71. The van der Waals surface area contributed by atoms with E-state index in [0.717, 1.165) is 12.0 Å². The third kappa shape index (κ3) is 3.94. The van der Waals surface area contributed by atoms with E-state index in [9.17, 15) is 0 Å². The minimum atomic E-state index is 0.462. The molecule has 1 heterocycles. The molecule has 0 bridgehead atoms. The number of piperidine rings is 1. The molecule has 1 saturated carbocycles. The van der Waals surface area contributed by atoms with Crippen molar-refractivity contribution in [1.29, 1.82) is 0 Å². The van der Waals surface area contributed by atoms with Gasteiger partial charge in [0.15, 0.2) is 0 Å². The van der Waals surface area contributed by atoms with Gasteiger partial charge in [0.2, 0.25) is 0 Å². The second-order valence-corrected chi connectivity index (χ2v) is 6.23. The van der Waals surface area contributed by atoms with Crippen molar-refractivity contribution in [2.45, 2.75) is 63.6 Å². The van der Waals surface area contributed by atoms with Crippen LogP contribution in [0, 0.1) is 5.92 Å². The highest BCUT2D eigenvalue weighted by Gasteiger charge is 2.26. The van der Waals surface area contributed by atoms with Crippen LogP contribution < -0.4 is 11.1 Å². The molecule has 0 radical (unpaired) electrons. The molecule has 0 amide bonds. The lowest BCUT2D eigenvalue weighted by molar-refractivity contribution is 0.166. The van der Waals surface area contributed by atoms with Crippen molar-refractivity contribution < 1.29 is 0 Å². The Morgan fingerprint density at radius 2 is 1.88 bits per heavy atom. The van der Waals surface area contributed by atoms with Gasteiger partial charge >= 0.3 is 0 Å². The topological polar surface area (TPSA) is 41.3 Å². The molecule has 2 unspecified atom stereocenters. The van der Waals surface area contributed by atoms with Crippen molar-refractivity contribution in [3.05, 3.63) is 0 Å². The van der Waals surface area contributed by atoms with Crippen LogP contribution in [0.25, 0.3) is 0 Å². The van der Waals surface area contributed by atoms with Gasteiger partial charge in [0.1, 0.15) is 0 Å². The molecule has 0 spiro atoms. The highest BCUT2D eigenvalue weighted by Crippen LogP contribution is 2.22. The van der Waals surface area contributed by atoms with Gasteiger partial charge in [0.25, 0.3) is 0 Å². The lowest BCUT2D eigenvalue weighted by atomic mass is 9.88. The van der Waals surface area contributed by atoms with Gasteiger partial charge in [0.05, 0.1) is 0 Å². The minimum absolute atomic E-state index is 0.462. The Labute approximate surface area is 106 Å². The summed E-state index contributed by atoms with van der Waals surface area (Å²) >= 11 is 0. The standard InChI is InChI=1S/C14H29N3/c1-11(12-4-3-9-17(2)10-12)16-14-7-5-13(15)6-8-14/h11-14,16H,3-10,15H2,1-2H3. The first-order chi connectivity index (χ1) is 8.15. The van der Waals surface area contributed by atoms with Crippen LogP contribution in [0.3, 0.4) is 0 Å². The molecule has 2 fully saturated rings. The van der Waals surface area contributed by atoms with Crippen LogP contribution in [0.2, 0.25) is 0 Å². The fourth-order valence-corrected chi connectivity index (χ4v) is 3.41. The second kappa shape index (κ2) is 6.17. The van der Waals surface area contributed by atoms with Gasteiger partial charge in [-0.3, -0.25) is 0 Å². The highest BCUT2D eigenvalue weighted by atomic mass is 15.1. The molecule has 100 valence electrons. The quantitative estimate of drug-likeness (QED) is 0.785. The highest BCUT2D eigenvalue weighted by molar-refractivity contribution is 4.85. The fraction of sp³-hybridized carbons (Fsp3) is 1.00. The Kier molecular flexibility index (Phi) is 4.83. The van der Waals surface area contributed by atoms with E-state index in [1.54, 1.807) is 0 Å². The molecule has 3 nitrogen and oxygen atoms in total. The van der Waals surface area contributed by atoms with Crippen molar-refractivity contribution in [3.63, 3.8) is 0 Å². The van der Waals surface area contributed by atoms with E-state index in [1.807, 2.05) is 0 Å². The lowest BCUT2D eigenvalue weighted by Gasteiger charge is -2.37. The monoisotopic (exact) mass is 239 g/mol. The Balaban J connectivity index is 1.74. The molecule has 1 saturated heterocycles. The Morgan fingerprint density at radius 1 is 1.18 bits per heavy atom. The summed E-state index contributed by atoms with van der Waals surface area (Å²) in [5.74, 6) is 0.837. The van der Waals surface area contributed by atoms with E-state index in [0.29, 0.717) is 12.1 Å². The molecule has 2 atom stereocenters. The van der Waals surface area contributed by atoms with E-state index in [4.69, 9.17) is 5.73 Å². The van der Waals surface area contributed by atoms with Crippen LogP contribution in [0.15, 0.2) is 0 Å². The largest absolute Gasteiger partial charge is 0.328 e. The van der Waals surface area contributed by atoms with Gasteiger partial charge in [-0.2, -0.15) is 0 Å². The van der Waals surface area contributed by atoms with Crippen LogP contribution in [0.4, 0.5) is 0 Å². The molecular weight excluding hydrogens is 210 g/mol. The van der Waals surface area contributed by atoms with Gasteiger partial charge in [0, 0.05) is 24.7 Å². The fourth-order valence-electron chi connectivity index (χ4n) is 3.41. The average Bonchev–Trinajstić information content (AvgIpc) is 2.32. The van der Waals surface area contributed by atoms with Gasteiger partial charge in [-0.25, -0.2) is 0 Å². The predicted octanol–water partition coefficient (Wildman–Crippen LogP) is 1.58. The SMILES string of the molecule is CC(NC1CCC(N)CC1)C1CCCN(C)C1. The van der Waals surface area contributed by atoms with Gasteiger partial charge in [-0.05, 0) is 65.0 Å². The van der Waals surface area contributed by atoms with Gasteiger partial charge in [-0.1, -0.05) is 0 Å². The Hall–Kier alpha value is -0.120. The van der Waals surface area contributed by atoms with E-state index < -0.39 is 0 Å². The summed E-state index contributed by atoms with van der Waals surface area (Å²) in [4.78, 5) is 2.48. The van der Waals surface area contributed by atoms with E-state index in [-0.39, 0.29) is 0 Å². The summed E-state index contributed by atoms with van der Waals surface area (Å²) in [7, 11) is 2.25. The van der Waals surface area contributed by atoms with E-state index in [1.165, 1.54) is 51.6 Å². The first-order valence-electron chi connectivity index (χ1n) is 7.35. The molecule has 1 aliphatic heterocycles. The zero-order valence-electron chi connectivity index (χ0n) is 11.5. The first kappa shape index (κ1) is 13.3. The van der Waals surface area contributed by atoms with Crippen LogP contribution in [0.5, 0.6) is 0 Å². The maximum absolute atomic E-state index is 5.95. The van der Waals surface area contributed by atoms with Crippen LogP contribution in [-0.4, -0.2) is 43.2 Å². The number of rotatable bonds is 3. The lowest BCUT2D eigenvalue weighted by Crippen LogP contribution is -2.48. The average molecular weight is 239 g/mol. The molecule has 0 aromatic rings. The first-order valence-corrected chi connectivity index (χ1v) is 7.35. The molecule has 0 aromatic heterocycles. The summed E-state index contributed by atoms with van der Waals surface area (Å²) in [5, 5.41) is 3.85. The summed E-state index contributed by atoms with van der Waals surface area (Å²) < 4.78 is 0. The molecule has 2 aliphatic rings. The van der Waals surface area contributed by atoms with Crippen molar-refractivity contribution in [2.75, 3.05) is 20.1 Å². The predicted molar refractivity (Wildman–Crippen MR) is 73.1 cm³/mol. The smallest absolute Gasteiger partial charge is 0.00818 e. The minimum Gasteiger partial charge on any atom is -0.328 e. The normalized spacial score (nSPS) is 37.9. The zero-order valence-corrected chi connectivity index (χ0v) is 11.5. The summed E-state index contributed by atoms with van der Waals surface area (Å²) in [6.45, 7) is 4.92. The third-order valence-electron chi connectivity index (χ3n) is 4.64. The van der Waals surface area contributed by atoms with Crippen LogP contribution in [0.1, 0.15) is 45.4 Å². The number of hydrogen-bond donors (Lipinski definition) is 2. The number of hydrogen-bond acceptors (Lipinski definition) is 3. The molecule has 1 aliphatic carbocycles. The van der Waals surface area contributed by atoms with E-state index in [2.05, 4.69) is 24.2 Å². The molecule has 17 heavy (non-hydrogen) atoms. The number of nitrogens with two attached hydrogens (primary N) is 1. The maximum Gasteiger partial charge on any atom is 0.00818 e. The van der Waals surface area contributed by atoms with Gasteiger partial charge < -0.3 is 16.0 Å². The van der Waals surface area contributed by atoms with Crippen molar-refractivity contribution in [2.24, 2.45) is 11.7 Å². The van der Waals surface area contributed by atoms with Crippen molar-refractivity contribution in [3.8, 4) is 0 Å². The second-order valence-electron chi connectivity index (χ2n) is 6.23. The third-order valence-corrected chi connectivity index (χ3v) is 4.64. The summed E-state index contributed by atoms with van der Waals surface area (Å²) in [6, 6.07) is 1.85.